The zero-order chi connectivity index (χ0) is 10.3. The molecule has 3 aliphatic rings. The van der Waals surface area contributed by atoms with E-state index in [0.29, 0.717) is 18.2 Å². The van der Waals surface area contributed by atoms with Gasteiger partial charge in [0.1, 0.15) is 6.10 Å². The second-order valence-electron chi connectivity index (χ2n) is 5.03. The zero-order valence-corrected chi connectivity index (χ0v) is 9.02. The van der Waals surface area contributed by atoms with Crippen LogP contribution < -0.4 is 5.32 Å². The lowest BCUT2D eigenvalue weighted by Gasteiger charge is -2.28. The Bertz CT molecular complexity index is 252. The van der Waals surface area contributed by atoms with Crippen molar-refractivity contribution in [2.45, 2.75) is 37.5 Å². The Morgan fingerprint density at radius 2 is 2.20 bits per heavy atom. The molecule has 15 heavy (non-hydrogen) atoms. The molecule has 1 aliphatic heterocycles. The zero-order valence-electron chi connectivity index (χ0n) is 9.02. The quantitative estimate of drug-likeness (QED) is 0.693. The van der Waals surface area contributed by atoms with Gasteiger partial charge in [-0.05, 0) is 37.3 Å². The summed E-state index contributed by atoms with van der Waals surface area (Å²) in [7, 11) is 0. The SMILES string of the molecule is C=CNC1CC2CC1CC2OCC1CO1. The monoisotopic (exact) mass is 209 g/mol. The predicted molar refractivity (Wildman–Crippen MR) is 57.4 cm³/mol. The Morgan fingerprint density at radius 3 is 2.80 bits per heavy atom. The molecule has 84 valence electrons. The summed E-state index contributed by atoms with van der Waals surface area (Å²) in [5, 5.41) is 3.36. The Hall–Kier alpha value is -0.540. The maximum atomic E-state index is 5.91. The Labute approximate surface area is 90.8 Å². The van der Waals surface area contributed by atoms with E-state index in [0.717, 1.165) is 25.0 Å². The Morgan fingerprint density at radius 1 is 1.33 bits per heavy atom. The van der Waals surface area contributed by atoms with E-state index in [2.05, 4.69) is 11.9 Å². The van der Waals surface area contributed by atoms with Crippen LogP contribution in [0.4, 0.5) is 0 Å². The summed E-state index contributed by atoms with van der Waals surface area (Å²) in [5.74, 6) is 1.57. The first kappa shape index (κ1) is 9.67. The number of nitrogens with one attached hydrogen (secondary N) is 1. The molecule has 1 saturated heterocycles. The molecule has 0 aromatic rings. The Kier molecular flexibility index (Phi) is 2.45. The van der Waals surface area contributed by atoms with E-state index < -0.39 is 0 Å². The van der Waals surface area contributed by atoms with Gasteiger partial charge in [-0.2, -0.15) is 0 Å². The van der Waals surface area contributed by atoms with Crippen LogP contribution in [0.2, 0.25) is 0 Å². The third-order valence-corrected chi connectivity index (χ3v) is 4.02. The maximum Gasteiger partial charge on any atom is 0.104 e. The van der Waals surface area contributed by atoms with Gasteiger partial charge in [0.25, 0.3) is 0 Å². The Balaban J connectivity index is 1.48. The highest BCUT2D eigenvalue weighted by Gasteiger charge is 2.46. The van der Waals surface area contributed by atoms with Crippen molar-refractivity contribution in [2.75, 3.05) is 13.2 Å². The number of hydrogen-bond donors (Lipinski definition) is 1. The van der Waals surface area contributed by atoms with E-state index in [9.17, 15) is 0 Å². The van der Waals surface area contributed by atoms with Crippen LogP contribution in [0, 0.1) is 11.8 Å². The smallest absolute Gasteiger partial charge is 0.104 e. The maximum absolute atomic E-state index is 5.91. The highest BCUT2D eigenvalue weighted by Crippen LogP contribution is 2.46. The first-order chi connectivity index (χ1) is 7.36. The minimum atomic E-state index is 0.409. The molecule has 2 aliphatic carbocycles. The minimum absolute atomic E-state index is 0.409. The molecule has 0 aromatic heterocycles. The lowest BCUT2D eigenvalue weighted by Crippen LogP contribution is -2.35. The van der Waals surface area contributed by atoms with Crippen molar-refractivity contribution in [3.8, 4) is 0 Å². The molecule has 3 heteroatoms. The normalized spacial score (nSPS) is 46.8. The van der Waals surface area contributed by atoms with Gasteiger partial charge in [0.05, 0.1) is 19.3 Å². The molecule has 0 amide bonds. The molecule has 3 fully saturated rings. The molecule has 5 unspecified atom stereocenters. The van der Waals surface area contributed by atoms with Crippen molar-refractivity contribution in [1.82, 2.24) is 5.32 Å². The molecule has 2 saturated carbocycles. The van der Waals surface area contributed by atoms with Crippen molar-refractivity contribution >= 4 is 0 Å². The number of hydrogen-bond acceptors (Lipinski definition) is 3. The molecule has 2 bridgehead atoms. The van der Waals surface area contributed by atoms with E-state index in [4.69, 9.17) is 9.47 Å². The van der Waals surface area contributed by atoms with Gasteiger partial charge in [-0.15, -0.1) is 0 Å². The summed E-state index contributed by atoms with van der Waals surface area (Å²) >= 11 is 0. The molecular formula is C12H19NO2. The third-order valence-electron chi connectivity index (χ3n) is 4.02. The van der Waals surface area contributed by atoms with Crippen LogP contribution in [-0.2, 0) is 9.47 Å². The molecule has 1 N–H and O–H groups in total. The summed E-state index contributed by atoms with van der Waals surface area (Å²) in [6.45, 7) is 5.45. The lowest BCUT2D eigenvalue weighted by atomic mass is 9.93. The van der Waals surface area contributed by atoms with Crippen LogP contribution in [0.25, 0.3) is 0 Å². The van der Waals surface area contributed by atoms with E-state index in [-0.39, 0.29) is 0 Å². The number of rotatable bonds is 5. The van der Waals surface area contributed by atoms with E-state index in [1.165, 1.54) is 19.3 Å². The first-order valence-corrected chi connectivity index (χ1v) is 5.97. The van der Waals surface area contributed by atoms with Gasteiger partial charge in [-0.1, -0.05) is 6.58 Å². The second kappa shape index (κ2) is 3.80. The fourth-order valence-corrected chi connectivity index (χ4v) is 3.18. The van der Waals surface area contributed by atoms with E-state index in [1.807, 2.05) is 6.20 Å². The van der Waals surface area contributed by atoms with Gasteiger partial charge < -0.3 is 14.8 Å². The van der Waals surface area contributed by atoms with Crippen LogP contribution in [0.15, 0.2) is 12.8 Å². The third kappa shape index (κ3) is 1.91. The van der Waals surface area contributed by atoms with Crippen molar-refractivity contribution in [2.24, 2.45) is 11.8 Å². The largest absolute Gasteiger partial charge is 0.388 e. The van der Waals surface area contributed by atoms with Gasteiger partial charge in [-0.25, -0.2) is 0 Å². The van der Waals surface area contributed by atoms with Crippen molar-refractivity contribution in [1.29, 1.82) is 0 Å². The van der Waals surface area contributed by atoms with Crippen molar-refractivity contribution in [3.63, 3.8) is 0 Å². The summed E-state index contributed by atoms with van der Waals surface area (Å²) in [6, 6.07) is 0.657. The van der Waals surface area contributed by atoms with Crippen molar-refractivity contribution < 1.29 is 9.47 Å². The fourth-order valence-electron chi connectivity index (χ4n) is 3.18. The fraction of sp³-hybridized carbons (Fsp3) is 0.833. The highest BCUT2D eigenvalue weighted by molar-refractivity contribution is 5.00. The topological polar surface area (TPSA) is 33.8 Å². The standard InChI is InChI=1S/C12H19NO2/c1-2-13-11-4-9-3-8(11)5-12(9)15-7-10-6-14-10/h2,8-13H,1,3-7H2. The van der Waals surface area contributed by atoms with Gasteiger partial charge in [-0.3, -0.25) is 0 Å². The van der Waals surface area contributed by atoms with Crippen molar-refractivity contribution in [3.05, 3.63) is 12.8 Å². The molecule has 0 spiro atoms. The molecule has 5 atom stereocenters. The second-order valence-corrected chi connectivity index (χ2v) is 5.03. The molecule has 0 radical (unpaired) electrons. The lowest BCUT2D eigenvalue weighted by molar-refractivity contribution is 0.00486. The van der Waals surface area contributed by atoms with Gasteiger partial charge >= 0.3 is 0 Å². The number of ether oxygens (including phenoxy) is 2. The molecular weight excluding hydrogens is 190 g/mol. The van der Waals surface area contributed by atoms with Crippen LogP contribution in [0.1, 0.15) is 19.3 Å². The number of epoxide rings is 1. The molecule has 1 heterocycles. The van der Waals surface area contributed by atoms with Gasteiger partial charge in [0, 0.05) is 6.04 Å². The summed E-state index contributed by atoms with van der Waals surface area (Å²) in [5.41, 5.74) is 0. The minimum Gasteiger partial charge on any atom is -0.388 e. The van der Waals surface area contributed by atoms with Crippen LogP contribution >= 0.6 is 0 Å². The van der Waals surface area contributed by atoms with Crippen LogP contribution in [0.5, 0.6) is 0 Å². The first-order valence-electron chi connectivity index (χ1n) is 5.97. The molecule has 3 nitrogen and oxygen atoms in total. The predicted octanol–water partition coefficient (Wildman–Crippen LogP) is 1.30. The average Bonchev–Trinajstić information content (AvgIpc) is 2.88. The van der Waals surface area contributed by atoms with Crippen LogP contribution in [0.3, 0.4) is 0 Å². The highest BCUT2D eigenvalue weighted by atomic mass is 16.6. The van der Waals surface area contributed by atoms with Gasteiger partial charge in [0.15, 0.2) is 0 Å². The van der Waals surface area contributed by atoms with E-state index in [1.54, 1.807) is 0 Å². The summed E-state index contributed by atoms with van der Waals surface area (Å²) in [4.78, 5) is 0. The summed E-state index contributed by atoms with van der Waals surface area (Å²) < 4.78 is 11.1. The molecule has 3 rings (SSSR count). The average molecular weight is 209 g/mol. The molecule has 0 aromatic carbocycles. The van der Waals surface area contributed by atoms with Gasteiger partial charge in [0.2, 0.25) is 0 Å². The van der Waals surface area contributed by atoms with Crippen LogP contribution in [-0.4, -0.2) is 31.5 Å². The number of fused-ring (bicyclic) bond motifs is 2. The van der Waals surface area contributed by atoms with E-state index >= 15 is 0 Å². The summed E-state index contributed by atoms with van der Waals surface area (Å²) in [6.07, 6.45) is 6.56.